The van der Waals surface area contributed by atoms with Crippen LogP contribution in [0, 0.1) is 5.92 Å². The second kappa shape index (κ2) is 9.82. The summed E-state index contributed by atoms with van der Waals surface area (Å²) < 4.78 is 11.1. The van der Waals surface area contributed by atoms with Crippen LogP contribution < -0.4 is 5.32 Å². The van der Waals surface area contributed by atoms with Crippen LogP contribution in [0.15, 0.2) is 41.2 Å². The molecule has 0 saturated carbocycles. The topological polar surface area (TPSA) is 91.8 Å². The molecule has 1 aliphatic heterocycles. The van der Waals surface area contributed by atoms with Crippen molar-refractivity contribution in [2.24, 2.45) is 10.9 Å². The Morgan fingerprint density at radius 1 is 1.52 bits per heavy atom. The van der Waals surface area contributed by atoms with Gasteiger partial charge in [-0.2, -0.15) is 5.10 Å². The van der Waals surface area contributed by atoms with Gasteiger partial charge >= 0.3 is 0 Å². The first-order chi connectivity index (χ1) is 14.0. The molecule has 1 aromatic heterocycles. The zero-order valence-electron chi connectivity index (χ0n) is 17.3. The molecule has 7 heteroatoms. The van der Waals surface area contributed by atoms with Crippen LogP contribution >= 0.6 is 0 Å². The fourth-order valence-electron chi connectivity index (χ4n) is 3.46. The minimum atomic E-state index is -0.831. The van der Waals surface area contributed by atoms with Gasteiger partial charge in [-0.3, -0.25) is 15.4 Å². The van der Waals surface area contributed by atoms with Crippen molar-refractivity contribution in [3.63, 3.8) is 0 Å². The number of rotatable bonds is 9. The predicted octanol–water partition coefficient (Wildman–Crippen LogP) is 3.55. The Morgan fingerprint density at radius 3 is 3.03 bits per heavy atom. The molecule has 0 bridgehead atoms. The summed E-state index contributed by atoms with van der Waals surface area (Å²) in [6, 6.07) is 5.89. The lowest BCUT2D eigenvalue weighted by atomic mass is 10.0. The third kappa shape index (κ3) is 5.53. The summed E-state index contributed by atoms with van der Waals surface area (Å²) in [7, 11) is 0. The van der Waals surface area contributed by atoms with E-state index in [9.17, 15) is 5.11 Å². The minimum Gasteiger partial charge on any atom is -0.496 e. The fourth-order valence-corrected chi connectivity index (χ4v) is 3.46. The molecule has 0 radical (unpaired) electrons. The standard InChI is InChI=1S/C22H30N4O3/c1-14(2)29-15(3)9-18(12-23-4)17-5-6-20-19(10-17)21(26-25-20)22(27)24-11-16-7-8-28-13-16/h5-6,9-10,12,14,16,22,24,27H,4,7-8,11,13H2,1-3H3,(H,25,26)/b15-9+,18-12+. The highest BCUT2D eigenvalue weighted by atomic mass is 16.5. The molecular formula is C22H30N4O3. The zero-order valence-corrected chi connectivity index (χ0v) is 17.3. The summed E-state index contributed by atoms with van der Waals surface area (Å²) in [4.78, 5) is 3.93. The van der Waals surface area contributed by atoms with Crippen molar-refractivity contribution in [2.75, 3.05) is 19.8 Å². The zero-order chi connectivity index (χ0) is 20.8. The van der Waals surface area contributed by atoms with Gasteiger partial charge in [0.1, 0.15) is 6.23 Å². The second-order valence-corrected chi connectivity index (χ2v) is 7.60. The van der Waals surface area contributed by atoms with E-state index in [0.29, 0.717) is 18.2 Å². The third-order valence-electron chi connectivity index (χ3n) is 4.82. The van der Waals surface area contributed by atoms with E-state index in [1.807, 2.05) is 45.0 Å². The molecule has 2 atom stereocenters. The number of nitrogens with zero attached hydrogens (tertiary/aromatic N) is 2. The summed E-state index contributed by atoms with van der Waals surface area (Å²) in [5.74, 6) is 1.22. The Morgan fingerprint density at radius 2 is 2.34 bits per heavy atom. The van der Waals surface area contributed by atoms with Crippen molar-refractivity contribution in [1.29, 1.82) is 0 Å². The number of nitrogens with one attached hydrogen (secondary N) is 2. The lowest BCUT2D eigenvalue weighted by molar-refractivity contribution is 0.125. The van der Waals surface area contributed by atoms with Gasteiger partial charge in [0, 0.05) is 30.3 Å². The van der Waals surface area contributed by atoms with E-state index >= 15 is 0 Å². The van der Waals surface area contributed by atoms with Gasteiger partial charge in [0.05, 0.1) is 29.7 Å². The third-order valence-corrected chi connectivity index (χ3v) is 4.82. The SMILES string of the molecule is C=N/C=C(\C=C(/C)OC(C)C)c1ccc2n[nH]c(C(O)NCC3CCOC3)c2c1. The average Bonchev–Trinajstić information content (AvgIpc) is 3.34. The van der Waals surface area contributed by atoms with Gasteiger partial charge in [0.15, 0.2) is 0 Å². The van der Waals surface area contributed by atoms with Gasteiger partial charge in [0.2, 0.25) is 0 Å². The molecule has 0 amide bonds. The van der Waals surface area contributed by atoms with Crippen LogP contribution in [0.2, 0.25) is 0 Å². The van der Waals surface area contributed by atoms with Crippen molar-refractivity contribution < 1.29 is 14.6 Å². The average molecular weight is 399 g/mol. The lowest BCUT2D eigenvalue weighted by Crippen LogP contribution is -2.27. The number of aromatic amines is 1. The molecule has 0 spiro atoms. The molecule has 29 heavy (non-hydrogen) atoms. The van der Waals surface area contributed by atoms with Crippen LogP contribution in [0.1, 0.15) is 44.7 Å². The maximum Gasteiger partial charge on any atom is 0.148 e. The Balaban J connectivity index is 1.84. The molecule has 1 fully saturated rings. The van der Waals surface area contributed by atoms with Crippen LogP contribution in [0.3, 0.4) is 0 Å². The molecule has 156 valence electrons. The van der Waals surface area contributed by atoms with Gasteiger partial charge in [-0.15, -0.1) is 0 Å². The fraction of sp³-hybridized carbons (Fsp3) is 0.455. The summed E-state index contributed by atoms with van der Waals surface area (Å²) in [5.41, 5.74) is 3.25. The van der Waals surface area contributed by atoms with Crippen molar-refractivity contribution in [1.82, 2.24) is 15.5 Å². The second-order valence-electron chi connectivity index (χ2n) is 7.60. The van der Waals surface area contributed by atoms with E-state index in [4.69, 9.17) is 9.47 Å². The number of aliphatic hydroxyl groups excluding tert-OH is 1. The predicted molar refractivity (Wildman–Crippen MR) is 115 cm³/mol. The molecule has 0 aliphatic carbocycles. The smallest absolute Gasteiger partial charge is 0.148 e. The number of hydrogen-bond donors (Lipinski definition) is 3. The minimum absolute atomic E-state index is 0.0960. The normalized spacial score (nSPS) is 19.1. The number of ether oxygens (including phenoxy) is 2. The van der Waals surface area contributed by atoms with Crippen molar-refractivity contribution in [3.8, 4) is 0 Å². The molecule has 1 aromatic carbocycles. The summed E-state index contributed by atoms with van der Waals surface area (Å²) in [6.07, 6.45) is 3.91. The molecule has 2 unspecified atom stereocenters. The van der Waals surface area contributed by atoms with Crippen molar-refractivity contribution >= 4 is 23.2 Å². The molecule has 1 aliphatic rings. The van der Waals surface area contributed by atoms with Crippen molar-refractivity contribution in [3.05, 3.63) is 47.5 Å². The van der Waals surface area contributed by atoms with Crippen LogP contribution in [-0.2, 0) is 9.47 Å². The monoisotopic (exact) mass is 398 g/mol. The first-order valence-corrected chi connectivity index (χ1v) is 9.96. The first-order valence-electron chi connectivity index (χ1n) is 9.96. The Hall–Kier alpha value is -2.48. The number of hydrogen-bond acceptors (Lipinski definition) is 6. The van der Waals surface area contributed by atoms with Crippen molar-refractivity contribution in [2.45, 2.75) is 39.5 Å². The maximum absolute atomic E-state index is 10.6. The van der Waals surface area contributed by atoms with Gasteiger partial charge in [-0.25, -0.2) is 0 Å². The van der Waals surface area contributed by atoms with E-state index in [2.05, 4.69) is 27.2 Å². The number of fused-ring (bicyclic) bond motifs is 1. The van der Waals surface area contributed by atoms with Crippen LogP contribution in [-0.4, -0.2) is 47.9 Å². The molecule has 1 saturated heterocycles. The van der Waals surface area contributed by atoms with Crippen LogP contribution in [0.25, 0.3) is 16.5 Å². The van der Waals surface area contributed by atoms with Crippen LogP contribution in [0.5, 0.6) is 0 Å². The largest absolute Gasteiger partial charge is 0.496 e. The lowest BCUT2D eigenvalue weighted by Gasteiger charge is -2.15. The van der Waals surface area contributed by atoms with E-state index in [1.165, 1.54) is 0 Å². The Kier molecular flexibility index (Phi) is 7.19. The van der Waals surface area contributed by atoms with E-state index in [1.54, 1.807) is 6.20 Å². The van der Waals surface area contributed by atoms with E-state index < -0.39 is 6.23 Å². The summed E-state index contributed by atoms with van der Waals surface area (Å²) >= 11 is 0. The number of benzene rings is 1. The summed E-state index contributed by atoms with van der Waals surface area (Å²) in [5, 5.41) is 22.0. The van der Waals surface area contributed by atoms with Gasteiger partial charge in [0.25, 0.3) is 0 Å². The number of aromatic nitrogens is 2. The number of aliphatic imine (C=N–C) groups is 1. The van der Waals surface area contributed by atoms with Gasteiger partial charge < -0.3 is 14.6 Å². The summed E-state index contributed by atoms with van der Waals surface area (Å²) in [6.45, 7) is 11.7. The molecule has 2 heterocycles. The van der Waals surface area contributed by atoms with E-state index in [0.717, 1.165) is 47.4 Å². The quantitative estimate of drug-likeness (QED) is 0.260. The number of aliphatic hydroxyl groups is 1. The Bertz CT molecular complexity index is 895. The van der Waals surface area contributed by atoms with Gasteiger partial charge in [-0.05, 0) is 63.6 Å². The maximum atomic E-state index is 10.6. The Labute approximate surface area is 171 Å². The highest BCUT2D eigenvalue weighted by Gasteiger charge is 2.19. The first kappa shape index (κ1) is 21.2. The molecule has 7 nitrogen and oxygen atoms in total. The molecule has 2 aromatic rings. The highest BCUT2D eigenvalue weighted by molar-refractivity contribution is 5.87. The van der Waals surface area contributed by atoms with Gasteiger partial charge in [-0.1, -0.05) is 6.07 Å². The molecule has 3 N–H and O–H groups in total. The molecule has 3 rings (SSSR count). The highest BCUT2D eigenvalue weighted by Crippen LogP contribution is 2.27. The molecular weight excluding hydrogens is 368 g/mol. The van der Waals surface area contributed by atoms with E-state index in [-0.39, 0.29) is 6.10 Å². The number of H-pyrrole nitrogens is 1. The number of allylic oxidation sites excluding steroid dienone is 3. The van der Waals surface area contributed by atoms with Crippen LogP contribution in [0.4, 0.5) is 0 Å².